The van der Waals surface area contributed by atoms with Crippen molar-refractivity contribution in [2.24, 2.45) is 5.41 Å². The van der Waals surface area contributed by atoms with Crippen molar-refractivity contribution in [3.05, 3.63) is 30.4 Å². The van der Waals surface area contributed by atoms with Crippen LogP contribution in [0, 0.1) is 5.41 Å². The second-order valence-electron chi connectivity index (χ2n) is 5.87. The molecule has 2 aromatic heterocycles. The Morgan fingerprint density at radius 2 is 2.20 bits per heavy atom. The predicted molar refractivity (Wildman–Crippen MR) is 75.4 cm³/mol. The molecule has 0 bridgehead atoms. The number of carbonyl (C=O) groups excluding carboxylic acids is 1. The van der Waals surface area contributed by atoms with Gasteiger partial charge in [0.1, 0.15) is 0 Å². The van der Waals surface area contributed by atoms with Crippen LogP contribution >= 0.6 is 0 Å². The summed E-state index contributed by atoms with van der Waals surface area (Å²) >= 11 is 0. The van der Waals surface area contributed by atoms with Gasteiger partial charge in [0.25, 0.3) is 5.91 Å². The molecule has 6 heteroatoms. The van der Waals surface area contributed by atoms with Gasteiger partial charge >= 0.3 is 0 Å². The highest BCUT2D eigenvalue weighted by atomic mass is 16.3. The molecular formula is C14H20N4O2. The standard InChI is InChI=1S/C14H20N4O2/c1-14(2,3)12(4-7-19)17-13(20)10-8-16-18-6-5-15-9-11(10)18/h5-6,8-9,12,19H,4,7H2,1-3H3,(H,17,20). The van der Waals surface area contributed by atoms with Gasteiger partial charge in [-0.2, -0.15) is 5.10 Å². The summed E-state index contributed by atoms with van der Waals surface area (Å²) in [5, 5.41) is 16.2. The zero-order chi connectivity index (χ0) is 14.8. The van der Waals surface area contributed by atoms with Crippen LogP contribution in [0.15, 0.2) is 24.8 Å². The van der Waals surface area contributed by atoms with E-state index in [-0.39, 0.29) is 24.0 Å². The van der Waals surface area contributed by atoms with Crippen LogP contribution in [0.25, 0.3) is 5.52 Å². The quantitative estimate of drug-likeness (QED) is 0.881. The van der Waals surface area contributed by atoms with Gasteiger partial charge in [-0.3, -0.25) is 9.78 Å². The molecule has 108 valence electrons. The van der Waals surface area contributed by atoms with Gasteiger partial charge < -0.3 is 10.4 Å². The predicted octanol–water partition coefficient (Wildman–Crippen LogP) is 1.26. The molecule has 0 fully saturated rings. The van der Waals surface area contributed by atoms with Gasteiger partial charge in [-0.1, -0.05) is 20.8 Å². The maximum atomic E-state index is 12.4. The van der Waals surface area contributed by atoms with Crippen molar-refractivity contribution in [2.75, 3.05) is 6.61 Å². The van der Waals surface area contributed by atoms with Crippen LogP contribution in [0.5, 0.6) is 0 Å². The molecule has 6 nitrogen and oxygen atoms in total. The van der Waals surface area contributed by atoms with E-state index in [1.165, 1.54) is 6.20 Å². The lowest BCUT2D eigenvalue weighted by Gasteiger charge is -2.31. The molecule has 1 atom stereocenters. The largest absolute Gasteiger partial charge is 0.396 e. The molecule has 1 unspecified atom stereocenters. The van der Waals surface area contributed by atoms with Gasteiger partial charge in [-0.05, 0) is 11.8 Å². The lowest BCUT2D eigenvalue weighted by Crippen LogP contribution is -2.44. The fraction of sp³-hybridized carbons (Fsp3) is 0.500. The van der Waals surface area contributed by atoms with E-state index in [1.54, 1.807) is 23.1 Å². The molecule has 2 N–H and O–H groups in total. The van der Waals surface area contributed by atoms with Crippen LogP contribution in [0.1, 0.15) is 37.6 Å². The minimum absolute atomic E-state index is 0.0402. The first kappa shape index (κ1) is 14.5. The number of aliphatic hydroxyl groups is 1. The topological polar surface area (TPSA) is 79.5 Å². The van der Waals surface area contributed by atoms with Gasteiger partial charge in [-0.25, -0.2) is 4.52 Å². The number of aromatic nitrogens is 3. The number of carbonyl (C=O) groups is 1. The zero-order valence-electron chi connectivity index (χ0n) is 12.0. The summed E-state index contributed by atoms with van der Waals surface area (Å²) in [5.74, 6) is -0.193. The smallest absolute Gasteiger partial charge is 0.255 e. The lowest BCUT2D eigenvalue weighted by atomic mass is 9.85. The summed E-state index contributed by atoms with van der Waals surface area (Å²) < 4.78 is 1.61. The SMILES string of the molecule is CC(C)(C)C(CCO)NC(=O)c1cnn2ccncc12. The van der Waals surface area contributed by atoms with Crippen LogP contribution in [0.3, 0.4) is 0 Å². The Hall–Kier alpha value is -1.95. The molecule has 2 aromatic rings. The molecule has 0 saturated carbocycles. The minimum Gasteiger partial charge on any atom is -0.396 e. The molecule has 0 saturated heterocycles. The first-order valence-corrected chi connectivity index (χ1v) is 6.62. The van der Waals surface area contributed by atoms with Crippen molar-refractivity contribution >= 4 is 11.4 Å². The molecule has 0 radical (unpaired) electrons. The monoisotopic (exact) mass is 276 g/mol. The van der Waals surface area contributed by atoms with Crippen molar-refractivity contribution in [1.82, 2.24) is 19.9 Å². The normalized spacial score (nSPS) is 13.4. The molecule has 0 aromatic carbocycles. The number of aliphatic hydroxyl groups excluding tert-OH is 1. The molecule has 0 spiro atoms. The first-order chi connectivity index (χ1) is 9.43. The molecule has 20 heavy (non-hydrogen) atoms. The van der Waals surface area contributed by atoms with Crippen molar-refractivity contribution in [3.63, 3.8) is 0 Å². The second-order valence-corrected chi connectivity index (χ2v) is 5.87. The summed E-state index contributed by atoms with van der Waals surface area (Å²) in [6, 6.07) is -0.105. The first-order valence-electron chi connectivity index (χ1n) is 6.62. The third-order valence-corrected chi connectivity index (χ3v) is 3.34. The Kier molecular flexibility index (Phi) is 4.04. The van der Waals surface area contributed by atoms with E-state index in [2.05, 4.69) is 15.4 Å². The maximum absolute atomic E-state index is 12.4. The molecule has 2 heterocycles. The Morgan fingerprint density at radius 1 is 1.45 bits per heavy atom. The molecule has 2 rings (SSSR count). The number of rotatable bonds is 4. The third kappa shape index (κ3) is 2.96. The van der Waals surface area contributed by atoms with E-state index in [9.17, 15) is 4.79 Å². The Balaban J connectivity index is 2.23. The van der Waals surface area contributed by atoms with E-state index in [4.69, 9.17) is 5.11 Å². The van der Waals surface area contributed by atoms with E-state index in [1.807, 2.05) is 20.8 Å². The molecular weight excluding hydrogens is 256 g/mol. The van der Waals surface area contributed by atoms with E-state index in [0.717, 1.165) is 0 Å². The molecule has 0 aliphatic carbocycles. The number of amides is 1. The average Bonchev–Trinajstić information content (AvgIpc) is 2.81. The minimum atomic E-state index is -0.193. The summed E-state index contributed by atoms with van der Waals surface area (Å²) in [7, 11) is 0. The third-order valence-electron chi connectivity index (χ3n) is 3.34. The van der Waals surface area contributed by atoms with Crippen LogP contribution in [0.4, 0.5) is 0 Å². The number of fused-ring (bicyclic) bond motifs is 1. The van der Waals surface area contributed by atoms with E-state index < -0.39 is 0 Å². The van der Waals surface area contributed by atoms with Crippen molar-refractivity contribution < 1.29 is 9.90 Å². The summed E-state index contributed by atoms with van der Waals surface area (Å²) in [4.78, 5) is 16.4. The maximum Gasteiger partial charge on any atom is 0.255 e. The Bertz CT molecular complexity index is 600. The highest BCUT2D eigenvalue weighted by Crippen LogP contribution is 2.22. The average molecular weight is 276 g/mol. The van der Waals surface area contributed by atoms with Crippen molar-refractivity contribution in [1.29, 1.82) is 0 Å². The number of hydrogen-bond acceptors (Lipinski definition) is 4. The number of nitrogens with zero attached hydrogens (tertiary/aromatic N) is 3. The van der Waals surface area contributed by atoms with Gasteiger partial charge in [-0.15, -0.1) is 0 Å². The van der Waals surface area contributed by atoms with Gasteiger partial charge in [0, 0.05) is 25.0 Å². The van der Waals surface area contributed by atoms with Gasteiger partial charge in [0.2, 0.25) is 0 Å². The Labute approximate surface area is 117 Å². The van der Waals surface area contributed by atoms with Crippen LogP contribution in [-0.2, 0) is 0 Å². The van der Waals surface area contributed by atoms with Crippen molar-refractivity contribution in [2.45, 2.75) is 33.2 Å². The highest BCUT2D eigenvalue weighted by Gasteiger charge is 2.27. The van der Waals surface area contributed by atoms with Gasteiger partial charge in [0.15, 0.2) is 0 Å². The fourth-order valence-electron chi connectivity index (χ4n) is 2.10. The van der Waals surface area contributed by atoms with Crippen molar-refractivity contribution in [3.8, 4) is 0 Å². The molecule has 0 aliphatic rings. The number of nitrogens with one attached hydrogen (secondary N) is 1. The molecule has 0 aliphatic heterocycles. The van der Waals surface area contributed by atoms with Crippen LogP contribution in [-0.4, -0.2) is 38.3 Å². The zero-order valence-corrected chi connectivity index (χ0v) is 12.0. The van der Waals surface area contributed by atoms with Crippen LogP contribution in [0.2, 0.25) is 0 Å². The summed E-state index contributed by atoms with van der Waals surface area (Å²) in [6.07, 6.45) is 6.98. The molecule has 1 amide bonds. The fourth-order valence-corrected chi connectivity index (χ4v) is 2.10. The lowest BCUT2D eigenvalue weighted by molar-refractivity contribution is 0.0887. The summed E-state index contributed by atoms with van der Waals surface area (Å²) in [6.45, 7) is 6.14. The number of hydrogen-bond donors (Lipinski definition) is 2. The highest BCUT2D eigenvalue weighted by molar-refractivity contribution is 6.00. The van der Waals surface area contributed by atoms with Gasteiger partial charge in [0.05, 0.1) is 23.5 Å². The van der Waals surface area contributed by atoms with Crippen LogP contribution < -0.4 is 5.32 Å². The Morgan fingerprint density at radius 3 is 2.85 bits per heavy atom. The van der Waals surface area contributed by atoms with E-state index in [0.29, 0.717) is 17.5 Å². The van der Waals surface area contributed by atoms with E-state index >= 15 is 0 Å². The summed E-state index contributed by atoms with van der Waals surface area (Å²) in [5.41, 5.74) is 1.03. The second kappa shape index (κ2) is 5.58.